The molecule has 1 saturated heterocycles. The number of aliphatic hydroxyl groups excluding tert-OH is 2. The molecule has 1 saturated carbocycles. The fourth-order valence-corrected chi connectivity index (χ4v) is 5.00. The average Bonchev–Trinajstić information content (AvgIpc) is 2.82. The Morgan fingerprint density at radius 1 is 1.03 bits per heavy atom. The van der Waals surface area contributed by atoms with Crippen LogP contribution in [0.15, 0.2) is 11.8 Å². The molecule has 37 heavy (non-hydrogen) atoms. The van der Waals surface area contributed by atoms with Crippen LogP contribution in [0.3, 0.4) is 0 Å². The summed E-state index contributed by atoms with van der Waals surface area (Å²) in [4.78, 5) is 0. The van der Waals surface area contributed by atoms with E-state index in [1.54, 1.807) is 0 Å². The van der Waals surface area contributed by atoms with Crippen LogP contribution < -0.4 is 16.6 Å². The number of halogens is 5. The van der Waals surface area contributed by atoms with Crippen LogP contribution in [0, 0.1) is 0 Å². The fraction of sp³-hybridized carbons (Fsp3) is 0.900. The normalized spacial score (nSPS) is 43.1. The van der Waals surface area contributed by atoms with E-state index in [0.29, 0.717) is 0 Å². The molecule has 6 N–H and O–H groups in total. The molecule has 1 aliphatic carbocycles. The maximum atomic E-state index is 14.4. The predicted octanol–water partition coefficient (Wildman–Crippen LogP) is -0.851. The highest BCUT2D eigenvalue weighted by Crippen LogP contribution is 2.35. The maximum absolute atomic E-state index is 14.4. The van der Waals surface area contributed by atoms with E-state index in [1.165, 1.54) is 29.6 Å². The number of nitrogens with zero attached hydrogens (tertiary/aromatic N) is 2. The first kappa shape index (κ1) is 30.3. The van der Waals surface area contributed by atoms with Crippen LogP contribution in [0.4, 0.5) is 22.4 Å². The van der Waals surface area contributed by atoms with Crippen LogP contribution in [-0.4, -0.2) is 120 Å². The van der Waals surface area contributed by atoms with E-state index in [2.05, 4.69) is 0 Å². The second kappa shape index (κ2) is 12.7. The Hall–Kier alpha value is -1.25. The van der Waals surface area contributed by atoms with Gasteiger partial charge < -0.3 is 34.3 Å². The summed E-state index contributed by atoms with van der Waals surface area (Å²) in [5, 5.41) is 32.4. The minimum atomic E-state index is -1.82. The number of nitrogens with one attached hydrogen (secondary N) is 3. The average molecular weight is 552 g/mol. The van der Waals surface area contributed by atoms with Gasteiger partial charge in [0.25, 0.3) is 0 Å². The van der Waals surface area contributed by atoms with Crippen molar-refractivity contribution in [2.75, 3.05) is 27.2 Å². The molecule has 0 aromatic heterocycles. The van der Waals surface area contributed by atoms with Crippen molar-refractivity contribution in [1.29, 1.82) is 0 Å². The first-order chi connectivity index (χ1) is 17.4. The summed E-state index contributed by atoms with van der Waals surface area (Å²) in [6, 6.07) is -5.25. The van der Waals surface area contributed by atoms with Gasteiger partial charge in [-0.2, -0.15) is 11.1 Å². The van der Waals surface area contributed by atoms with Crippen LogP contribution in [-0.2, 0) is 18.9 Å². The first-order valence-electron chi connectivity index (χ1n) is 11.6. The van der Waals surface area contributed by atoms with E-state index >= 15 is 0 Å². The van der Waals surface area contributed by atoms with Gasteiger partial charge in [-0.25, -0.2) is 0 Å². The summed E-state index contributed by atoms with van der Waals surface area (Å²) in [6.45, 7) is 0.406. The summed E-state index contributed by atoms with van der Waals surface area (Å²) >= 11 is 0. The summed E-state index contributed by atoms with van der Waals surface area (Å²) in [7, 11) is 1.97. The zero-order valence-corrected chi connectivity index (χ0v) is 20.4. The van der Waals surface area contributed by atoms with Crippen molar-refractivity contribution in [3.05, 3.63) is 11.8 Å². The van der Waals surface area contributed by atoms with E-state index in [9.17, 15) is 37.7 Å². The van der Waals surface area contributed by atoms with E-state index < -0.39 is 73.4 Å². The standard InChI is InChI=1S/C20H34F5N5O7/c1-20(33)8-34-19(14(32)17(20)30(3)25)37-16-12(29(2)24)6-11(28-23)15(13(16)31)36-18-10(27-22)5-4-9(35-18)7-26-21/h4,10-19,26-28,31-33H,5-8H2,1-3H3. The van der Waals surface area contributed by atoms with Crippen molar-refractivity contribution < 1.29 is 56.7 Å². The SMILES string of the molecule is CN(F)C1CC(NF)C(OC2OC(CNF)=CCC2NF)C(O)C1OC1OCC(C)(O)C(N(C)F)C1O. The molecule has 216 valence electrons. The number of ether oxygens (including phenoxy) is 4. The number of hydrogen-bond donors (Lipinski definition) is 6. The molecular formula is C20H34F5N5O7. The van der Waals surface area contributed by atoms with Crippen LogP contribution >= 0.6 is 0 Å². The van der Waals surface area contributed by atoms with Crippen LogP contribution in [0.2, 0.25) is 0 Å². The van der Waals surface area contributed by atoms with Crippen LogP contribution in [0.1, 0.15) is 19.8 Å². The minimum Gasteiger partial charge on any atom is -0.466 e. The minimum absolute atomic E-state index is 0.00462. The van der Waals surface area contributed by atoms with Gasteiger partial charge >= 0.3 is 0 Å². The lowest BCUT2D eigenvalue weighted by Crippen LogP contribution is -2.68. The van der Waals surface area contributed by atoms with Crippen molar-refractivity contribution in [2.24, 2.45) is 0 Å². The molecule has 0 radical (unpaired) electrons. The van der Waals surface area contributed by atoms with Gasteiger partial charge in [-0.3, -0.25) is 0 Å². The van der Waals surface area contributed by atoms with Crippen molar-refractivity contribution >= 4 is 0 Å². The second-order valence-electron chi connectivity index (χ2n) is 9.65. The van der Waals surface area contributed by atoms with Crippen molar-refractivity contribution in [3.63, 3.8) is 0 Å². The van der Waals surface area contributed by atoms with E-state index in [1.807, 2.05) is 0 Å². The Morgan fingerprint density at radius 3 is 2.24 bits per heavy atom. The van der Waals surface area contributed by atoms with Gasteiger partial charge in [-0.05, 0) is 25.8 Å². The highest BCUT2D eigenvalue weighted by molar-refractivity contribution is 5.05. The monoisotopic (exact) mass is 551 g/mol. The van der Waals surface area contributed by atoms with Crippen molar-refractivity contribution in [2.45, 2.75) is 86.5 Å². The van der Waals surface area contributed by atoms with Crippen molar-refractivity contribution in [3.8, 4) is 0 Å². The topological polar surface area (TPSA) is 140 Å². The lowest BCUT2D eigenvalue weighted by atomic mass is 9.83. The molecule has 11 atom stereocenters. The highest BCUT2D eigenvalue weighted by atomic mass is 19.2. The van der Waals surface area contributed by atoms with Crippen LogP contribution in [0.5, 0.6) is 0 Å². The number of aliphatic hydroxyl groups is 3. The quantitative estimate of drug-likeness (QED) is 0.149. The largest absolute Gasteiger partial charge is 0.466 e. The molecule has 12 nitrogen and oxygen atoms in total. The highest BCUT2D eigenvalue weighted by Gasteiger charge is 2.54. The van der Waals surface area contributed by atoms with Gasteiger partial charge in [0.1, 0.15) is 47.9 Å². The van der Waals surface area contributed by atoms with Crippen LogP contribution in [0.25, 0.3) is 0 Å². The zero-order valence-electron chi connectivity index (χ0n) is 20.4. The molecule has 3 rings (SSSR count). The van der Waals surface area contributed by atoms with Gasteiger partial charge in [-0.1, -0.05) is 0 Å². The smallest absolute Gasteiger partial charge is 0.218 e. The van der Waals surface area contributed by atoms with E-state index in [-0.39, 0.29) is 35.4 Å². The van der Waals surface area contributed by atoms with Gasteiger partial charge in [-0.15, -0.1) is 38.2 Å². The Morgan fingerprint density at radius 2 is 1.68 bits per heavy atom. The Kier molecular flexibility index (Phi) is 10.4. The lowest BCUT2D eigenvalue weighted by molar-refractivity contribution is -0.330. The van der Waals surface area contributed by atoms with Crippen molar-refractivity contribution in [1.82, 2.24) is 26.9 Å². The maximum Gasteiger partial charge on any atom is 0.218 e. The molecule has 3 aliphatic rings. The van der Waals surface area contributed by atoms with Gasteiger partial charge in [0.05, 0.1) is 25.2 Å². The number of hydrogen-bond acceptors (Lipinski definition) is 12. The lowest BCUT2D eigenvalue weighted by Gasteiger charge is -2.49. The molecule has 2 heterocycles. The molecule has 2 aliphatic heterocycles. The van der Waals surface area contributed by atoms with E-state index in [0.717, 1.165) is 14.1 Å². The Bertz CT molecular complexity index is 773. The summed E-state index contributed by atoms with van der Waals surface area (Å²) in [6.07, 6.45) is -8.68. The Labute approximate surface area is 209 Å². The molecule has 11 unspecified atom stereocenters. The van der Waals surface area contributed by atoms with Gasteiger partial charge in [0, 0.05) is 14.1 Å². The van der Waals surface area contributed by atoms with Gasteiger partial charge in [0.15, 0.2) is 6.29 Å². The summed E-state index contributed by atoms with van der Waals surface area (Å²) < 4.78 is 90.4. The third-order valence-electron chi connectivity index (χ3n) is 6.86. The molecule has 2 fully saturated rings. The van der Waals surface area contributed by atoms with Gasteiger partial charge in [0.2, 0.25) is 6.29 Å². The second-order valence-corrected chi connectivity index (χ2v) is 9.65. The molecular weight excluding hydrogens is 517 g/mol. The molecule has 0 spiro atoms. The first-order valence-corrected chi connectivity index (χ1v) is 11.6. The third-order valence-corrected chi connectivity index (χ3v) is 6.86. The zero-order chi connectivity index (χ0) is 27.5. The molecule has 0 aromatic carbocycles. The Balaban J connectivity index is 1.83. The molecule has 0 bridgehead atoms. The number of rotatable bonds is 10. The number of likely N-dealkylation sites (N-methyl/N-ethyl adjacent to an activating group) is 2. The molecule has 0 aromatic rings. The fourth-order valence-electron chi connectivity index (χ4n) is 5.00. The predicted molar refractivity (Wildman–Crippen MR) is 115 cm³/mol. The molecule has 17 heteroatoms. The summed E-state index contributed by atoms with van der Waals surface area (Å²) in [5.41, 5.74) is 2.46. The summed E-state index contributed by atoms with van der Waals surface area (Å²) in [5.74, 6) is 0.0652. The van der Waals surface area contributed by atoms with E-state index in [4.69, 9.17) is 18.9 Å². The molecule has 0 amide bonds. The third kappa shape index (κ3) is 6.67.